The smallest absolute Gasteiger partial charge is 0.306 e. The number of aryl methyl sites for hydroxylation is 3. The molecule has 2 N–H and O–H groups in total. The molecule has 0 amide bonds. The number of fused-ring (bicyclic) bond motifs is 2. The summed E-state index contributed by atoms with van der Waals surface area (Å²) in [7, 11) is -3.44. The van der Waals surface area contributed by atoms with Crippen LogP contribution >= 0.6 is 10.8 Å². The molecule has 44 heavy (non-hydrogen) atoms. The number of hydrogen-bond donors (Lipinski definition) is 2. The van der Waals surface area contributed by atoms with Gasteiger partial charge in [0.25, 0.3) is 6.43 Å². The molecule has 1 aliphatic heterocycles. The molecule has 4 heterocycles. The molecule has 2 aliphatic rings. The normalized spacial score (nSPS) is 18.5. The highest BCUT2D eigenvalue weighted by molar-refractivity contribution is 8.22. The predicted octanol–water partition coefficient (Wildman–Crippen LogP) is 6.52. The Labute approximate surface area is 255 Å². The average molecular weight is 628 g/mol. The van der Waals surface area contributed by atoms with E-state index in [-0.39, 0.29) is 36.0 Å². The van der Waals surface area contributed by atoms with Crippen LogP contribution in [0.5, 0.6) is 5.88 Å². The summed E-state index contributed by atoms with van der Waals surface area (Å²) >= 11 is 0. The fraction of sp³-hybridized carbons (Fsp3) is 0.419. The van der Waals surface area contributed by atoms with Crippen molar-refractivity contribution < 1.29 is 32.2 Å². The van der Waals surface area contributed by atoms with Gasteiger partial charge in [-0.3, -0.25) is 18.3 Å². The SMILES string of the molecule is CCOC(=O)CC(c1ccc(C)c(CN2CC3(CC3)Oc3ncc(C)cc3S2(O)O)c1)c1ccn2c(C(F)F)nnc2c1C. The molecule has 4 aromatic rings. The fourth-order valence-electron chi connectivity index (χ4n) is 5.84. The van der Waals surface area contributed by atoms with Crippen molar-refractivity contribution in [2.75, 3.05) is 13.2 Å². The zero-order valence-electron chi connectivity index (χ0n) is 25.0. The lowest BCUT2D eigenvalue weighted by Crippen LogP contribution is -2.36. The van der Waals surface area contributed by atoms with Crippen LogP contribution in [-0.4, -0.2) is 57.7 Å². The number of halogens is 2. The van der Waals surface area contributed by atoms with Gasteiger partial charge in [-0.25, -0.2) is 13.8 Å². The largest absolute Gasteiger partial charge is 0.468 e. The van der Waals surface area contributed by atoms with E-state index in [1.165, 1.54) is 10.6 Å². The van der Waals surface area contributed by atoms with E-state index in [2.05, 4.69) is 15.2 Å². The van der Waals surface area contributed by atoms with E-state index in [0.29, 0.717) is 12.1 Å². The number of pyridine rings is 2. The molecule has 1 aromatic carbocycles. The van der Waals surface area contributed by atoms with E-state index in [1.54, 1.807) is 36.5 Å². The summed E-state index contributed by atoms with van der Waals surface area (Å²) in [5.41, 5.74) is 4.47. The third-order valence-corrected chi connectivity index (χ3v) is 10.3. The second-order valence-corrected chi connectivity index (χ2v) is 13.6. The molecule has 0 bridgehead atoms. The van der Waals surface area contributed by atoms with E-state index < -0.39 is 40.5 Å². The maximum atomic E-state index is 13.5. The summed E-state index contributed by atoms with van der Waals surface area (Å²) in [5, 5.41) is 7.69. The Morgan fingerprint density at radius 3 is 2.64 bits per heavy atom. The standard InChI is InChI=1S/C31H35F2N5O5S/c1-5-42-26(39)14-24(23-8-11-38-28(20(23)4)35-36-29(38)27(32)33)21-7-6-19(3)22(13-21)16-37-17-31(9-10-31)43-30-25(44(37,40)41)12-18(2)15-34-30/h6-8,11-13,15,24,27,40-41H,5,9-10,14,16-17H2,1-4H3. The number of benzene rings is 1. The molecule has 6 rings (SSSR count). The summed E-state index contributed by atoms with van der Waals surface area (Å²) in [6.45, 7) is 8.05. The quantitative estimate of drug-likeness (QED) is 0.210. The average Bonchev–Trinajstić information content (AvgIpc) is 3.59. The first-order valence-electron chi connectivity index (χ1n) is 14.5. The van der Waals surface area contributed by atoms with Crippen LogP contribution in [0.1, 0.15) is 77.7 Å². The van der Waals surface area contributed by atoms with Crippen LogP contribution in [0.25, 0.3) is 5.65 Å². The van der Waals surface area contributed by atoms with Crippen LogP contribution in [-0.2, 0) is 16.1 Å². The maximum Gasteiger partial charge on any atom is 0.306 e. The van der Waals surface area contributed by atoms with E-state index in [1.807, 2.05) is 32.0 Å². The van der Waals surface area contributed by atoms with Crippen molar-refractivity contribution in [3.8, 4) is 5.88 Å². The molecule has 13 heteroatoms. The summed E-state index contributed by atoms with van der Waals surface area (Å²) in [6.07, 6.45) is 1.95. The number of hydrogen-bond acceptors (Lipinski definition) is 9. The topological polar surface area (TPSA) is 122 Å². The Morgan fingerprint density at radius 1 is 1.16 bits per heavy atom. The molecular formula is C31H35F2N5O5S. The van der Waals surface area contributed by atoms with Crippen molar-refractivity contribution in [2.24, 2.45) is 0 Å². The number of carbonyl (C=O) groups is 1. The van der Waals surface area contributed by atoms with Gasteiger partial charge < -0.3 is 9.47 Å². The van der Waals surface area contributed by atoms with Crippen molar-refractivity contribution in [1.29, 1.82) is 0 Å². The number of ether oxygens (including phenoxy) is 2. The third-order valence-electron chi connectivity index (χ3n) is 8.46. The van der Waals surface area contributed by atoms with Gasteiger partial charge in [0.1, 0.15) is 10.5 Å². The molecule has 1 unspecified atom stereocenters. The number of nitrogens with zero attached hydrogens (tertiary/aromatic N) is 5. The number of carbonyl (C=O) groups excluding carboxylic acids is 1. The van der Waals surface area contributed by atoms with Crippen LogP contribution in [0, 0.1) is 20.8 Å². The van der Waals surface area contributed by atoms with Crippen LogP contribution in [0.2, 0.25) is 0 Å². The number of aromatic nitrogens is 4. The van der Waals surface area contributed by atoms with Gasteiger partial charge in [0, 0.05) is 24.9 Å². The van der Waals surface area contributed by atoms with Crippen molar-refractivity contribution in [1.82, 2.24) is 23.9 Å². The lowest BCUT2D eigenvalue weighted by atomic mass is 9.85. The molecule has 1 spiro atoms. The molecule has 10 nitrogen and oxygen atoms in total. The van der Waals surface area contributed by atoms with E-state index >= 15 is 0 Å². The van der Waals surface area contributed by atoms with Crippen LogP contribution in [0.15, 0.2) is 47.6 Å². The predicted molar refractivity (Wildman–Crippen MR) is 160 cm³/mol. The summed E-state index contributed by atoms with van der Waals surface area (Å²) in [4.78, 5) is 17.5. The summed E-state index contributed by atoms with van der Waals surface area (Å²) in [6, 6.07) is 9.26. The molecular weight excluding hydrogens is 592 g/mol. The number of esters is 1. The molecule has 0 radical (unpaired) electrons. The van der Waals surface area contributed by atoms with Crippen molar-refractivity contribution in [3.05, 3.63) is 81.9 Å². The minimum atomic E-state index is -3.44. The van der Waals surface area contributed by atoms with Crippen molar-refractivity contribution in [3.63, 3.8) is 0 Å². The summed E-state index contributed by atoms with van der Waals surface area (Å²) < 4.78 is 64.8. The molecule has 3 aromatic heterocycles. The first-order valence-corrected chi connectivity index (χ1v) is 16.0. The zero-order valence-corrected chi connectivity index (χ0v) is 25.8. The highest BCUT2D eigenvalue weighted by Gasteiger charge is 2.52. The Bertz CT molecular complexity index is 1740. The highest BCUT2D eigenvalue weighted by Crippen LogP contribution is 2.61. The van der Waals surface area contributed by atoms with Gasteiger partial charge in [-0.2, -0.15) is 4.31 Å². The number of alkyl halides is 2. The Balaban J connectivity index is 1.40. The van der Waals surface area contributed by atoms with Crippen LogP contribution < -0.4 is 4.74 Å². The maximum absolute atomic E-state index is 13.5. The van der Waals surface area contributed by atoms with Crippen molar-refractivity contribution in [2.45, 2.75) is 76.3 Å². The lowest BCUT2D eigenvalue weighted by Gasteiger charge is -2.42. The first-order chi connectivity index (χ1) is 20.9. The second-order valence-electron chi connectivity index (χ2n) is 11.6. The van der Waals surface area contributed by atoms with Gasteiger partial charge in [-0.15, -0.1) is 21.0 Å². The lowest BCUT2D eigenvalue weighted by molar-refractivity contribution is -0.143. The van der Waals surface area contributed by atoms with Gasteiger partial charge in [0.15, 0.2) is 5.65 Å². The summed E-state index contributed by atoms with van der Waals surface area (Å²) in [5.74, 6) is -1.08. The fourth-order valence-corrected chi connectivity index (χ4v) is 7.53. The third kappa shape index (κ3) is 5.53. The zero-order chi connectivity index (χ0) is 31.4. The minimum absolute atomic E-state index is 0.0113. The Hall–Kier alpha value is -3.65. The Morgan fingerprint density at radius 2 is 1.93 bits per heavy atom. The monoisotopic (exact) mass is 627 g/mol. The molecule has 0 saturated heterocycles. The second kappa shape index (κ2) is 11.4. The molecule has 1 aliphatic carbocycles. The van der Waals surface area contributed by atoms with Crippen LogP contribution in [0.3, 0.4) is 0 Å². The molecule has 1 fully saturated rings. The molecule has 1 atom stereocenters. The Kier molecular flexibility index (Phi) is 7.85. The van der Waals surface area contributed by atoms with E-state index in [4.69, 9.17) is 9.47 Å². The van der Waals surface area contributed by atoms with Gasteiger partial charge >= 0.3 is 5.97 Å². The molecule has 234 valence electrons. The van der Waals surface area contributed by atoms with E-state index in [9.17, 15) is 22.7 Å². The van der Waals surface area contributed by atoms with Gasteiger partial charge in [0.2, 0.25) is 11.7 Å². The van der Waals surface area contributed by atoms with Gasteiger partial charge in [-0.1, -0.05) is 18.2 Å². The van der Waals surface area contributed by atoms with E-state index in [0.717, 1.165) is 40.7 Å². The molecule has 1 saturated carbocycles. The van der Waals surface area contributed by atoms with Gasteiger partial charge in [0.05, 0.1) is 19.6 Å². The first kappa shape index (κ1) is 30.4. The minimum Gasteiger partial charge on any atom is -0.468 e. The van der Waals surface area contributed by atoms with Crippen molar-refractivity contribution >= 4 is 22.4 Å². The van der Waals surface area contributed by atoms with Gasteiger partial charge in [-0.05, 0) is 86.1 Å². The highest BCUT2D eigenvalue weighted by atomic mass is 32.3. The number of rotatable bonds is 8. The van der Waals surface area contributed by atoms with Crippen LogP contribution in [0.4, 0.5) is 8.78 Å².